The van der Waals surface area contributed by atoms with Crippen LogP contribution in [0.4, 0.5) is 26.3 Å². The van der Waals surface area contributed by atoms with E-state index >= 15 is 0 Å². The zero-order valence-corrected chi connectivity index (χ0v) is 11.0. The van der Waals surface area contributed by atoms with Crippen LogP contribution in [0.5, 0.6) is 0 Å². The number of benzene rings is 3. The molecule has 0 aliphatic rings. The Labute approximate surface area is 123 Å². The number of hydrogen-bond acceptors (Lipinski definition) is 1. The van der Waals surface area contributed by atoms with Gasteiger partial charge in [0.1, 0.15) is 11.2 Å². The molecule has 0 unspecified atom stereocenters. The van der Waals surface area contributed by atoms with E-state index in [4.69, 9.17) is 4.42 Å². The van der Waals surface area contributed by atoms with Gasteiger partial charge < -0.3 is 4.42 Å². The number of fused-ring (bicyclic) bond motifs is 5. The van der Waals surface area contributed by atoms with Gasteiger partial charge in [0.25, 0.3) is 0 Å². The Kier molecular flexibility index (Phi) is 2.67. The quantitative estimate of drug-likeness (QED) is 0.234. The van der Waals surface area contributed by atoms with Crippen LogP contribution in [0.25, 0.3) is 32.7 Å². The number of rotatable bonds is 0. The first-order valence-electron chi connectivity index (χ1n) is 6.37. The van der Waals surface area contributed by atoms with Crippen molar-refractivity contribution in [2.75, 3.05) is 0 Å². The molecule has 0 amide bonds. The topological polar surface area (TPSA) is 13.1 Å². The summed E-state index contributed by atoms with van der Waals surface area (Å²) in [4.78, 5) is 0. The van der Waals surface area contributed by atoms with Gasteiger partial charge in [0.05, 0.1) is 16.2 Å². The van der Waals surface area contributed by atoms with Gasteiger partial charge in [0.15, 0.2) is 34.9 Å². The lowest BCUT2D eigenvalue weighted by molar-refractivity contribution is 0.415. The first-order valence-corrected chi connectivity index (χ1v) is 6.37. The smallest absolute Gasteiger partial charge is 0.198 e. The summed E-state index contributed by atoms with van der Waals surface area (Å²) in [5, 5.41) is -2.67. The first-order chi connectivity index (χ1) is 10.9. The Bertz CT molecular complexity index is 1130. The molecule has 0 N–H and O–H groups in total. The molecule has 0 saturated carbocycles. The van der Waals surface area contributed by atoms with Crippen molar-refractivity contribution >= 4 is 32.7 Å². The molecule has 0 spiro atoms. The molecular formula is C16H4F6O. The summed E-state index contributed by atoms with van der Waals surface area (Å²) in [7, 11) is 0. The van der Waals surface area contributed by atoms with Gasteiger partial charge in [-0.2, -0.15) is 0 Å². The molecule has 1 aromatic heterocycles. The zero-order chi connectivity index (χ0) is 16.5. The van der Waals surface area contributed by atoms with Crippen LogP contribution >= 0.6 is 0 Å². The minimum Gasteiger partial charge on any atom is -0.455 e. The maximum absolute atomic E-state index is 14.3. The average molecular weight is 326 g/mol. The highest BCUT2D eigenvalue weighted by Gasteiger charge is 2.29. The molecule has 0 saturated heterocycles. The van der Waals surface area contributed by atoms with Crippen LogP contribution in [0.1, 0.15) is 0 Å². The summed E-state index contributed by atoms with van der Waals surface area (Å²) in [6.45, 7) is 0. The molecule has 3 aromatic carbocycles. The Hall–Kier alpha value is -2.70. The molecule has 0 atom stereocenters. The summed E-state index contributed by atoms with van der Waals surface area (Å²) in [6.07, 6.45) is 0. The van der Waals surface area contributed by atoms with Gasteiger partial charge >= 0.3 is 0 Å². The molecular weight excluding hydrogens is 322 g/mol. The van der Waals surface area contributed by atoms with Crippen LogP contribution in [0.2, 0.25) is 0 Å². The average Bonchev–Trinajstić information content (AvgIpc) is 2.93. The van der Waals surface area contributed by atoms with Crippen molar-refractivity contribution < 1.29 is 30.8 Å². The Balaban J connectivity index is 2.44. The molecule has 1 heterocycles. The maximum atomic E-state index is 14.3. The summed E-state index contributed by atoms with van der Waals surface area (Å²) < 4.78 is 88.4. The fraction of sp³-hybridized carbons (Fsp3) is 0. The predicted octanol–water partition coefficient (Wildman–Crippen LogP) is 5.57. The first kappa shape index (κ1) is 13.9. The van der Waals surface area contributed by atoms with Gasteiger partial charge in [-0.05, 0) is 6.07 Å². The van der Waals surface area contributed by atoms with Gasteiger partial charge in [-0.3, -0.25) is 0 Å². The van der Waals surface area contributed by atoms with Crippen LogP contribution in [0, 0.1) is 34.9 Å². The minimum absolute atomic E-state index is 0.0674. The highest BCUT2D eigenvalue weighted by Crippen LogP contribution is 2.40. The lowest BCUT2D eigenvalue weighted by atomic mass is 10.0. The summed E-state index contributed by atoms with van der Waals surface area (Å²) in [6, 6.07) is 5.80. The van der Waals surface area contributed by atoms with Crippen molar-refractivity contribution in [1.29, 1.82) is 0 Å². The molecule has 0 bridgehead atoms. The van der Waals surface area contributed by atoms with Gasteiger partial charge in [-0.25, -0.2) is 26.3 Å². The SMILES string of the molecule is Fc1c(F)c(F)c2c(c1F)c(F)c(F)c1c3ccccc3oc21. The van der Waals surface area contributed by atoms with Gasteiger partial charge in [0.2, 0.25) is 0 Å². The Morgan fingerprint density at radius 3 is 1.78 bits per heavy atom. The molecule has 0 radical (unpaired) electrons. The third-order valence-electron chi connectivity index (χ3n) is 3.72. The monoisotopic (exact) mass is 326 g/mol. The third kappa shape index (κ3) is 1.59. The second kappa shape index (κ2) is 4.41. The van der Waals surface area contributed by atoms with E-state index in [1.54, 1.807) is 0 Å². The number of hydrogen-bond donors (Lipinski definition) is 0. The lowest BCUT2D eigenvalue weighted by Crippen LogP contribution is -2.02. The largest absolute Gasteiger partial charge is 0.455 e. The molecule has 23 heavy (non-hydrogen) atoms. The number of para-hydroxylation sites is 1. The van der Waals surface area contributed by atoms with Crippen molar-refractivity contribution in [2.45, 2.75) is 0 Å². The zero-order valence-electron chi connectivity index (χ0n) is 11.0. The Morgan fingerprint density at radius 2 is 1.09 bits per heavy atom. The molecule has 0 aliphatic carbocycles. The van der Waals surface area contributed by atoms with Gasteiger partial charge in [-0.15, -0.1) is 0 Å². The molecule has 0 fully saturated rings. The van der Waals surface area contributed by atoms with E-state index in [9.17, 15) is 26.3 Å². The highest BCUT2D eigenvalue weighted by atomic mass is 19.2. The van der Waals surface area contributed by atoms with Crippen LogP contribution in [0.3, 0.4) is 0 Å². The van der Waals surface area contributed by atoms with Crippen molar-refractivity contribution in [3.63, 3.8) is 0 Å². The van der Waals surface area contributed by atoms with E-state index in [1.165, 1.54) is 24.3 Å². The van der Waals surface area contributed by atoms with Crippen molar-refractivity contribution in [3.8, 4) is 0 Å². The molecule has 116 valence electrons. The summed E-state index contributed by atoms with van der Waals surface area (Å²) >= 11 is 0. The fourth-order valence-electron chi connectivity index (χ4n) is 2.71. The van der Waals surface area contributed by atoms with Crippen LogP contribution in [0.15, 0.2) is 28.7 Å². The lowest BCUT2D eigenvalue weighted by Gasteiger charge is -2.07. The van der Waals surface area contributed by atoms with E-state index < -0.39 is 56.6 Å². The van der Waals surface area contributed by atoms with Crippen molar-refractivity contribution in [3.05, 3.63) is 59.2 Å². The minimum atomic E-state index is -2.22. The van der Waals surface area contributed by atoms with Crippen LogP contribution < -0.4 is 0 Å². The van der Waals surface area contributed by atoms with E-state index in [2.05, 4.69) is 0 Å². The molecule has 4 aromatic rings. The molecule has 7 heteroatoms. The van der Waals surface area contributed by atoms with E-state index in [0.717, 1.165) is 0 Å². The molecule has 1 nitrogen and oxygen atoms in total. The highest BCUT2D eigenvalue weighted by molar-refractivity contribution is 6.15. The molecule has 4 rings (SSSR count). The van der Waals surface area contributed by atoms with E-state index in [1.807, 2.05) is 0 Å². The van der Waals surface area contributed by atoms with Crippen LogP contribution in [-0.4, -0.2) is 0 Å². The maximum Gasteiger partial charge on any atom is 0.198 e. The van der Waals surface area contributed by atoms with Gasteiger partial charge in [-0.1, -0.05) is 18.2 Å². The number of furan rings is 1. The van der Waals surface area contributed by atoms with Crippen molar-refractivity contribution in [2.24, 2.45) is 0 Å². The molecule has 0 aliphatic heterocycles. The second-order valence-corrected chi connectivity index (χ2v) is 4.94. The summed E-state index contributed by atoms with van der Waals surface area (Å²) in [5.41, 5.74) is -0.520. The van der Waals surface area contributed by atoms with Gasteiger partial charge in [0, 0.05) is 5.39 Å². The van der Waals surface area contributed by atoms with Crippen molar-refractivity contribution in [1.82, 2.24) is 0 Å². The standard InChI is InChI=1S/C16H4F6O/c17-10-7-5-3-1-2-4-6(5)23-16(7)9-8(11(10)18)12(19)14(21)15(22)13(9)20/h1-4H. The predicted molar refractivity (Wildman–Crippen MR) is 71.0 cm³/mol. The fourth-order valence-corrected chi connectivity index (χ4v) is 2.71. The third-order valence-corrected chi connectivity index (χ3v) is 3.72. The number of halogens is 6. The van der Waals surface area contributed by atoms with E-state index in [0.29, 0.717) is 0 Å². The normalized spacial score (nSPS) is 11.9. The Morgan fingerprint density at radius 1 is 0.565 bits per heavy atom. The second-order valence-electron chi connectivity index (χ2n) is 4.94. The summed E-state index contributed by atoms with van der Waals surface area (Å²) in [5.74, 6) is -11.5. The van der Waals surface area contributed by atoms with E-state index in [-0.39, 0.29) is 11.0 Å². The van der Waals surface area contributed by atoms with Crippen LogP contribution in [-0.2, 0) is 0 Å².